The van der Waals surface area contributed by atoms with E-state index in [1.165, 1.54) is 89.9 Å². The van der Waals surface area contributed by atoms with Gasteiger partial charge in [0, 0.05) is 18.8 Å². The standard InChI is InChI=1S/C84H91N5O5.Zn/c1-4-7-10-13-16-19-52-91-66-36-26-58(27-37-66)80-72-44-46-74(85-72)81(59-28-38-67(39-29-59)92-53-20-17-14-11-8-5-2)76-48-50-78(87-76)83(61-32-42-69(43-33-61)94-84(90)62-24-34-65(35-25-62)89-56-70-63-22-23-64(55-63)71(70)57-89)79-51-49-77(88-79)82(75-47-45-73(80)86-75)60-30-40-68(41-31-60)93-54-21-18-15-12-9-6-3;/h22-51,63-64,70-71H,4-21,52-57H2,1-3H3;/q-2;+2/t63-,64+,70-,71+;. The van der Waals surface area contributed by atoms with E-state index in [2.05, 4.69) is 171 Å². The topological polar surface area (TPSA) is 111 Å². The first-order valence-electron chi connectivity index (χ1n) is 35.5. The van der Waals surface area contributed by atoms with Crippen LogP contribution in [0, 0.1) is 23.7 Å². The summed E-state index contributed by atoms with van der Waals surface area (Å²) in [6, 6.07) is 49.2. The summed E-state index contributed by atoms with van der Waals surface area (Å²) in [5, 5.41) is 0. The predicted octanol–water partition coefficient (Wildman–Crippen LogP) is 21.3. The summed E-state index contributed by atoms with van der Waals surface area (Å²) < 4.78 is 25.1. The molecule has 484 valence electrons. The maximum absolute atomic E-state index is 13.9. The number of allylic oxidation sites excluding steroid dienone is 2. The van der Waals surface area contributed by atoms with E-state index >= 15 is 0 Å². The summed E-state index contributed by atoms with van der Waals surface area (Å²) >= 11 is 0. The third-order valence-corrected chi connectivity index (χ3v) is 19.8. The molecule has 10 nitrogen and oxygen atoms in total. The summed E-state index contributed by atoms with van der Waals surface area (Å²) in [4.78, 5) is 38.6. The number of carbonyl (C=O) groups is 1. The molecule has 1 saturated heterocycles. The molecule has 2 aliphatic carbocycles. The van der Waals surface area contributed by atoms with E-state index in [0.29, 0.717) is 43.0 Å². The predicted molar refractivity (Wildman–Crippen MR) is 386 cm³/mol. The zero-order valence-corrected chi connectivity index (χ0v) is 59.1. The van der Waals surface area contributed by atoms with Crippen LogP contribution >= 0.6 is 0 Å². The van der Waals surface area contributed by atoms with Crippen molar-refractivity contribution in [2.75, 3.05) is 37.8 Å². The van der Waals surface area contributed by atoms with E-state index in [9.17, 15) is 4.79 Å². The van der Waals surface area contributed by atoms with Crippen LogP contribution in [0.2, 0.25) is 0 Å². The number of benzene rings is 5. The first-order valence-corrected chi connectivity index (χ1v) is 35.5. The maximum atomic E-state index is 13.9. The van der Waals surface area contributed by atoms with Crippen LogP contribution in [0.15, 0.2) is 158 Å². The second kappa shape index (κ2) is 32.4. The van der Waals surface area contributed by atoms with Crippen LogP contribution in [-0.2, 0) is 19.5 Å². The van der Waals surface area contributed by atoms with E-state index < -0.39 is 5.97 Å². The molecule has 8 aromatic rings. The van der Waals surface area contributed by atoms with Gasteiger partial charge in [-0.25, -0.2) is 14.8 Å². The van der Waals surface area contributed by atoms with Crippen molar-refractivity contribution in [1.29, 1.82) is 0 Å². The number of hydrogen-bond donors (Lipinski definition) is 0. The van der Waals surface area contributed by atoms with Gasteiger partial charge in [0.15, 0.2) is 0 Å². The number of rotatable bonds is 31. The Bertz CT molecular complexity index is 4050. The summed E-state index contributed by atoms with van der Waals surface area (Å²) in [5.74, 6) is 5.44. The Kier molecular flexibility index (Phi) is 22.8. The van der Waals surface area contributed by atoms with Crippen LogP contribution in [-0.4, -0.2) is 48.8 Å². The zero-order chi connectivity index (χ0) is 64.0. The fourth-order valence-electron chi connectivity index (χ4n) is 14.7. The maximum Gasteiger partial charge on any atom is 2.00 e. The van der Waals surface area contributed by atoms with Gasteiger partial charge in [-0.2, -0.15) is 0 Å². The average Bonchev–Trinajstić information content (AvgIpc) is 1.64. The smallest absolute Gasteiger partial charge is 0.657 e. The van der Waals surface area contributed by atoms with E-state index in [1.807, 2.05) is 36.4 Å². The van der Waals surface area contributed by atoms with Gasteiger partial charge in [-0.05, 0) is 191 Å². The molecule has 3 aliphatic heterocycles. The minimum Gasteiger partial charge on any atom is -0.657 e. The molecule has 0 N–H and O–H groups in total. The number of fused-ring (bicyclic) bond motifs is 13. The van der Waals surface area contributed by atoms with Gasteiger partial charge in [0.2, 0.25) is 0 Å². The Morgan fingerprint density at radius 3 is 1.05 bits per heavy atom. The average molecular weight is 1320 g/mol. The molecule has 4 atom stereocenters. The van der Waals surface area contributed by atoms with Crippen LogP contribution in [0.4, 0.5) is 5.69 Å². The Morgan fingerprint density at radius 2 is 0.716 bits per heavy atom. The van der Waals surface area contributed by atoms with Crippen molar-refractivity contribution in [3.63, 3.8) is 0 Å². The fraction of sp³-hybridized carbons (Fsp3) is 0.369. The van der Waals surface area contributed by atoms with Crippen molar-refractivity contribution >= 4 is 58.0 Å². The number of ether oxygens (including phenoxy) is 4. The van der Waals surface area contributed by atoms with Gasteiger partial charge in [0.1, 0.15) is 23.0 Å². The molecular formula is C84H91N5O5Zn. The molecule has 0 unspecified atom stereocenters. The molecule has 2 fully saturated rings. The van der Waals surface area contributed by atoms with Gasteiger partial charge < -0.3 is 33.8 Å². The molecule has 0 spiro atoms. The minimum absolute atomic E-state index is 0. The third kappa shape index (κ3) is 16.0. The Morgan fingerprint density at radius 1 is 0.400 bits per heavy atom. The number of hydrogen-bond acceptors (Lipinski definition) is 8. The van der Waals surface area contributed by atoms with Crippen molar-refractivity contribution in [2.24, 2.45) is 23.7 Å². The van der Waals surface area contributed by atoms with Gasteiger partial charge in [-0.15, -0.1) is 22.1 Å². The van der Waals surface area contributed by atoms with Gasteiger partial charge >= 0.3 is 25.4 Å². The molecule has 3 aromatic heterocycles. The molecule has 6 heterocycles. The molecule has 11 heteroatoms. The summed E-state index contributed by atoms with van der Waals surface area (Å²) in [7, 11) is 0. The summed E-state index contributed by atoms with van der Waals surface area (Å²) in [6.45, 7) is 11.0. The number of unbranched alkanes of at least 4 members (excludes halogenated alkanes) is 15. The van der Waals surface area contributed by atoms with Crippen LogP contribution in [0.25, 0.3) is 90.9 Å². The van der Waals surface area contributed by atoms with E-state index in [-0.39, 0.29) is 19.5 Å². The SMILES string of the molecule is CCCCCCCCOc1ccc(-c2c3nc(c(-c4ccc(OCCCCCCCC)cc4)c4ccc([n-]4)c(-c4ccc(OC(=O)c5ccc(N6C[C@@H]7[C@H](C6)[C@@H]6C=C[C@H]7C6)cc5)cc4)c4nc(c(-c5ccc(OCCCCCCCC)cc5)c5ccc2[n-]5)C=C4)C=C3)cc1.[Zn+2]. The second-order valence-electron chi connectivity index (χ2n) is 26.4. The van der Waals surface area contributed by atoms with Crippen molar-refractivity contribution in [3.8, 4) is 67.5 Å². The molecule has 10 bridgehead atoms. The number of esters is 1. The van der Waals surface area contributed by atoms with Crippen molar-refractivity contribution in [2.45, 2.75) is 143 Å². The molecule has 5 aliphatic rings. The molecular weight excluding hydrogens is 1220 g/mol. The van der Waals surface area contributed by atoms with Gasteiger partial charge in [-0.1, -0.05) is 202 Å². The largest absolute Gasteiger partial charge is 2.00 e. The molecule has 13 rings (SSSR count). The second-order valence-corrected chi connectivity index (χ2v) is 26.4. The molecule has 5 aromatic carbocycles. The number of aromatic nitrogens is 4. The van der Waals surface area contributed by atoms with Crippen LogP contribution in [0.5, 0.6) is 23.0 Å². The van der Waals surface area contributed by atoms with Crippen LogP contribution in [0.1, 0.15) is 176 Å². The molecule has 1 saturated carbocycles. The number of anilines is 1. The van der Waals surface area contributed by atoms with Crippen molar-refractivity contribution < 1.29 is 43.2 Å². The summed E-state index contributed by atoms with van der Waals surface area (Å²) in [5.41, 5.74) is 15.1. The normalized spacial score (nSPS) is 16.5. The van der Waals surface area contributed by atoms with E-state index in [1.54, 1.807) is 0 Å². The molecule has 0 amide bonds. The Labute approximate surface area is 575 Å². The van der Waals surface area contributed by atoms with Crippen molar-refractivity contribution in [1.82, 2.24) is 19.9 Å². The first kappa shape index (κ1) is 66.7. The van der Waals surface area contributed by atoms with E-state index in [4.69, 9.17) is 38.9 Å². The first-order chi connectivity index (χ1) is 46.4. The Balaban J connectivity index is 0.00000864. The van der Waals surface area contributed by atoms with Gasteiger partial charge in [0.25, 0.3) is 0 Å². The van der Waals surface area contributed by atoms with Gasteiger partial charge in [-0.3, -0.25) is 0 Å². The van der Waals surface area contributed by atoms with E-state index in [0.717, 1.165) is 169 Å². The van der Waals surface area contributed by atoms with Crippen molar-refractivity contribution in [3.05, 3.63) is 186 Å². The molecule has 95 heavy (non-hydrogen) atoms. The number of carbonyl (C=O) groups excluding carboxylic acids is 1. The quantitative estimate of drug-likeness (QED) is 0.0137. The molecule has 0 radical (unpaired) electrons. The van der Waals surface area contributed by atoms with Gasteiger partial charge in [0.05, 0.1) is 48.2 Å². The summed E-state index contributed by atoms with van der Waals surface area (Å²) in [6.07, 6.45) is 36.3. The minimum atomic E-state index is -0.400. The van der Waals surface area contributed by atoms with Crippen LogP contribution in [0.3, 0.4) is 0 Å². The Hall–Kier alpha value is -8.27. The number of nitrogens with zero attached hydrogens (tertiary/aromatic N) is 5. The third-order valence-electron chi connectivity index (χ3n) is 19.8. The fourth-order valence-corrected chi connectivity index (χ4v) is 14.7. The van der Waals surface area contributed by atoms with Crippen LogP contribution < -0.4 is 33.8 Å². The zero-order valence-electron chi connectivity index (χ0n) is 56.1. The monoisotopic (exact) mass is 1310 g/mol.